The molecule has 0 amide bonds. The monoisotopic (exact) mass is 295 g/mol. The highest BCUT2D eigenvalue weighted by Gasteiger charge is 2.38. The van der Waals surface area contributed by atoms with Gasteiger partial charge in [-0.2, -0.15) is 0 Å². The second-order valence-corrected chi connectivity index (χ2v) is 5.56. The molecule has 3 atom stereocenters. The fourth-order valence-electron chi connectivity index (χ4n) is 3.10. The Morgan fingerprint density at radius 1 is 1.52 bits per heavy atom. The number of ether oxygens (including phenoxy) is 1. The molecule has 21 heavy (non-hydrogen) atoms. The molecule has 0 aliphatic carbocycles. The Kier molecular flexibility index (Phi) is 5.31. The second-order valence-electron chi connectivity index (χ2n) is 5.56. The van der Waals surface area contributed by atoms with Crippen molar-refractivity contribution in [3.8, 4) is 0 Å². The van der Waals surface area contributed by atoms with Crippen LogP contribution in [0.4, 0.5) is 4.39 Å². The lowest BCUT2D eigenvalue weighted by Crippen LogP contribution is -2.48. The van der Waals surface area contributed by atoms with Crippen molar-refractivity contribution in [2.75, 3.05) is 19.8 Å². The fourth-order valence-corrected chi connectivity index (χ4v) is 3.10. The van der Waals surface area contributed by atoms with Crippen molar-refractivity contribution < 1.29 is 19.0 Å². The summed E-state index contributed by atoms with van der Waals surface area (Å²) in [5.74, 6) is -1.54. The van der Waals surface area contributed by atoms with E-state index in [4.69, 9.17) is 4.74 Å². The summed E-state index contributed by atoms with van der Waals surface area (Å²) in [4.78, 5) is 13.5. The van der Waals surface area contributed by atoms with Crippen LogP contribution in [0.25, 0.3) is 0 Å². The van der Waals surface area contributed by atoms with E-state index in [0.717, 1.165) is 12.1 Å². The van der Waals surface area contributed by atoms with Crippen LogP contribution in [0.15, 0.2) is 24.3 Å². The van der Waals surface area contributed by atoms with Crippen molar-refractivity contribution >= 4 is 5.97 Å². The van der Waals surface area contributed by atoms with Gasteiger partial charge in [0.15, 0.2) is 0 Å². The average molecular weight is 295 g/mol. The molecule has 4 nitrogen and oxygen atoms in total. The molecule has 1 heterocycles. The Hall–Kier alpha value is -1.46. The summed E-state index contributed by atoms with van der Waals surface area (Å²) in [6, 6.07) is 6.57. The van der Waals surface area contributed by atoms with Gasteiger partial charge in [-0.15, -0.1) is 0 Å². The summed E-state index contributed by atoms with van der Waals surface area (Å²) in [5, 5.41) is 9.28. The van der Waals surface area contributed by atoms with E-state index >= 15 is 0 Å². The Bertz CT molecular complexity index is 494. The first kappa shape index (κ1) is 15.9. The number of rotatable bonds is 6. The van der Waals surface area contributed by atoms with Crippen molar-refractivity contribution in [3.63, 3.8) is 0 Å². The standard InChI is InChI=1S/C16H22FNO3/c1-3-18(15-10-21-9-14(15)16(19)20)11(2)7-12-5-4-6-13(17)8-12/h4-6,8,11,14-15H,3,7,9-10H2,1-2H3,(H,19,20). The third-order valence-electron chi connectivity index (χ3n) is 4.15. The predicted molar refractivity (Wildman–Crippen MR) is 77.7 cm³/mol. The number of carbonyl (C=O) groups is 1. The molecular weight excluding hydrogens is 273 g/mol. The van der Waals surface area contributed by atoms with Gasteiger partial charge in [-0.25, -0.2) is 4.39 Å². The molecule has 0 spiro atoms. The number of likely N-dealkylation sites (N-methyl/N-ethyl adjacent to an activating group) is 1. The number of aliphatic carboxylic acids is 1. The number of benzene rings is 1. The maximum Gasteiger partial charge on any atom is 0.310 e. The molecule has 1 aliphatic rings. The Labute approximate surface area is 124 Å². The maximum atomic E-state index is 13.3. The number of halogens is 1. The molecule has 1 N–H and O–H groups in total. The van der Waals surface area contributed by atoms with Crippen LogP contribution in [0.5, 0.6) is 0 Å². The quantitative estimate of drug-likeness (QED) is 0.874. The van der Waals surface area contributed by atoms with Crippen LogP contribution in [0.2, 0.25) is 0 Å². The number of nitrogens with zero attached hydrogens (tertiary/aromatic N) is 1. The zero-order valence-electron chi connectivity index (χ0n) is 12.5. The van der Waals surface area contributed by atoms with Gasteiger partial charge in [0, 0.05) is 12.1 Å². The van der Waals surface area contributed by atoms with Crippen LogP contribution >= 0.6 is 0 Å². The lowest BCUT2D eigenvalue weighted by Gasteiger charge is -2.34. The molecule has 2 rings (SSSR count). The van der Waals surface area contributed by atoms with E-state index in [9.17, 15) is 14.3 Å². The number of carboxylic acids is 1. The second kappa shape index (κ2) is 7.00. The normalized spacial score (nSPS) is 23.4. The van der Waals surface area contributed by atoms with Crippen molar-refractivity contribution in [2.24, 2.45) is 5.92 Å². The molecular formula is C16H22FNO3. The zero-order chi connectivity index (χ0) is 15.4. The minimum absolute atomic E-state index is 0.115. The van der Waals surface area contributed by atoms with E-state index in [1.807, 2.05) is 19.9 Å². The summed E-state index contributed by atoms with van der Waals surface area (Å²) < 4.78 is 18.6. The first-order chi connectivity index (χ1) is 10.0. The van der Waals surface area contributed by atoms with Gasteiger partial charge in [0.1, 0.15) is 5.82 Å². The SMILES string of the molecule is CCN(C(C)Cc1cccc(F)c1)C1COCC1C(=O)O. The summed E-state index contributed by atoms with van der Waals surface area (Å²) in [5.41, 5.74) is 0.923. The van der Waals surface area contributed by atoms with Gasteiger partial charge >= 0.3 is 5.97 Å². The first-order valence-electron chi connectivity index (χ1n) is 7.33. The van der Waals surface area contributed by atoms with E-state index in [0.29, 0.717) is 13.0 Å². The van der Waals surface area contributed by atoms with E-state index < -0.39 is 11.9 Å². The molecule has 0 radical (unpaired) electrons. The lowest BCUT2D eigenvalue weighted by atomic mass is 9.98. The Morgan fingerprint density at radius 3 is 2.90 bits per heavy atom. The topological polar surface area (TPSA) is 49.8 Å². The Morgan fingerprint density at radius 2 is 2.29 bits per heavy atom. The fraction of sp³-hybridized carbons (Fsp3) is 0.562. The van der Waals surface area contributed by atoms with Gasteiger partial charge in [0.25, 0.3) is 0 Å². The number of hydrogen-bond donors (Lipinski definition) is 1. The molecule has 1 fully saturated rings. The maximum absolute atomic E-state index is 13.3. The van der Waals surface area contributed by atoms with Crippen LogP contribution in [-0.4, -0.2) is 47.8 Å². The molecule has 1 aromatic carbocycles. The predicted octanol–water partition coefficient (Wildman–Crippen LogP) is 2.18. The van der Waals surface area contributed by atoms with E-state index in [-0.39, 0.29) is 24.5 Å². The van der Waals surface area contributed by atoms with Crippen molar-refractivity contribution in [2.45, 2.75) is 32.4 Å². The smallest absolute Gasteiger partial charge is 0.310 e. The molecule has 0 saturated carbocycles. The minimum atomic E-state index is -0.811. The summed E-state index contributed by atoms with van der Waals surface area (Å²) in [7, 11) is 0. The molecule has 3 unspecified atom stereocenters. The molecule has 0 bridgehead atoms. The molecule has 116 valence electrons. The largest absolute Gasteiger partial charge is 0.481 e. The third kappa shape index (κ3) is 3.80. The zero-order valence-corrected chi connectivity index (χ0v) is 12.5. The van der Waals surface area contributed by atoms with Gasteiger partial charge in [0.2, 0.25) is 0 Å². The van der Waals surface area contributed by atoms with Gasteiger partial charge in [-0.05, 0) is 37.6 Å². The lowest BCUT2D eigenvalue weighted by molar-refractivity contribution is -0.143. The molecule has 0 aromatic heterocycles. The summed E-state index contributed by atoms with van der Waals surface area (Å²) in [6.45, 7) is 5.51. The number of hydrogen-bond acceptors (Lipinski definition) is 3. The van der Waals surface area contributed by atoms with Crippen molar-refractivity contribution in [1.29, 1.82) is 0 Å². The number of carboxylic acid groups (broad SMARTS) is 1. The highest BCUT2D eigenvalue weighted by molar-refractivity contribution is 5.71. The third-order valence-corrected chi connectivity index (χ3v) is 4.15. The van der Waals surface area contributed by atoms with Crippen molar-refractivity contribution in [3.05, 3.63) is 35.6 Å². The van der Waals surface area contributed by atoms with Crippen molar-refractivity contribution in [1.82, 2.24) is 4.90 Å². The van der Waals surface area contributed by atoms with Crippen LogP contribution in [0, 0.1) is 11.7 Å². The molecule has 5 heteroatoms. The van der Waals surface area contributed by atoms with Crippen LogP contribution in [0.1, 0.15) is 19.4 Å². The Balaban J connectivity index is 2.07. The van der Waals surface area contributed by atoms with Crippen LogP contribution in [0.3, 0.4) is 0 Å². The van der Waals surface area contributed by atoms with Gasteiger partial charge in [0.05, 0.1) is 19.1 Å². The summed E-state index contributed by atoms with van der Waals surface area (Å²) >= 11 is 0. The average Bonchev–Trinajstić information content (AvgIpc) is 2.89. The molecule has 1 saturated heterocycles. The van der Waals surface area contributed by atoms with Crippen LogP contribution < -0.4 is 0 Å². The minimum Gasteiger partial charge on any atom is -0.481 e. The molecule has 1 aromatic rings. The van der Waals surface area contributed by atoms with E-state index in [1.165, 1.54) is 12.1 Å². The van der Waals surface area contributed by atoms with Crippen LogP contribution in [-0.2, 0) is 16.0 Å². The molecule has 1 aliphatic heterocycles. The van der Waals surface area contributed by atoms with E-state index in [2.05, 4.69) is 4.90 Å². The van der Waals surface area contributed by atoms with Gasteiger partial charge in [-0.1, -0.05) is 19.1 Å². The van der Waals surface area contributed by atoms with Gasteiger partial charge in [-0.3, -0.25) is 9.69 Å². The van der Waals surface area contributed by atoms with E-state index in [1.54, 1.807) is 6.07 Å². The first-order valence-corrected chi connectivity index (χ1v) is 7.33. The highest BCUT2D eigenvalue weighted by Crippen LogP contribution is 2.23. The summed E-state index contributed by atoms with van der Waals surface area (Å²) in [6.07, 6.45) is 0.689. The highest BCUT2D eigenvalue weighted by atomic mass is 19.1. The van der Waals surface area contributed by atoms with Gasteiger partial charge < -0.3 is 9.84 Å².